The first-order valence-electron chi connectivity index (χ1n) is 6.88. The lowest BCUT2D eigenvalue weighted by molar-refractivity contribution is 0.471. The second-order valence-corrected chi connectivity index (χ2v) is 4.92. The molecule has 0 bridgehead atoms. The lowest BCUT2D eigenvalue weighted by Gasteiger charge is -2.19. The lowest BCUT2D eigenvalue weighted by Crippen LogP contribution is -2.24. The van der Waals surface area contributed by atoms with Crippen molar-refractivity contribution in [3.63, 3.8) is 0 Å². The highest BCUT2D eigenvalue weighted by Gasteiger charge is 2.14. The molecule has 0 saturated heterocycles. The molecule has 0 saturated carbocycles. The monoisotopic (exact) mass is 261 g/mol. The Labute approximate surface area is 114 Å². The largest absolute Gasteiger partial charge is 0.336 e. The van der Waals surface area contributed by atoms with Crippen molar-refractivity contribution in [3.8, 4) is 0 Å². The third kappa shape index (κ3) is 3.44. The van der Waals surface area contributed by atoms with E-state index in [0.29, 0.717) is 6.04 Å². The fourth-order valence-corrected chi connectivity index (χ4v) is 2.32. The van der Waals surface area contributed by atoms with Gasteiger partial charge in [-0.25, -0.2) is 4.98 Å². The SMILES string of the molecule is CCCNC(CCc1ccnn1C)c1cncn1C. The van der Waals surface area contributed by atoms with Crippen molar-refractivity contribution in [3.05, 3.63) is 36.2 Å². The van der Waals surface area contributed by atoms with Gasteiger partial charge in [0, 0.05) is 38.2 Å². The third-order valence-electron chi connectivity index (χ3n) is 3.46. The van der Waals surface area contributed by atoms with Crippen molar-refractivity contribution in [2.45, 2.75) is 32.2 Å². The third-order valence-corrected chi connectivity index (χ3v) is 3.46. The van der Waals surface area contributed by atoms with E-state index in [0.717, 1.165) is 25.8 Å². The summed E-state index contributed by atoms with van der Waals surface area (Å²) in [6.45, 7) is 3.22. The van der Waals surface area contributed by atoms with Crippen molar-refractivity contribution in [1.29, 1.82) is 0 Å². The van der Waals surface area contributed by atoms with E-state index < -0.39 is 0 Å². The van der Waals surface area contributed by atoms with Crippen LogP contribution in [0, 0.1) is 0 Å². The van der Waals surface area contributed by atoms with Crippen molar-refractivity contribution in [2.24, 2.45) is 14.1 Å². The first kappa shape index (κ1) is 13.8. The van der Waals surface area contributed by atoms with Crippen LogP contribution in [0.15, 0.2) is 24.8 Å². The maximum atomic E-state index is 4.22. The van der Waals surface area contributed by atoms with Crippen LogP contribution >= 0.6 is 0 Å². The van der Waals surface area contributed by atoms with Crippen LogP contribution in [0.4, 0.5) is 0 Å². The number of aryl methyl sites for hydroxylation is 3. The molecular formula is C14H23N5. The van der Waals surface area contributed by atoms with Gasteiger partial charge in [0.1, 0.15) is 0 Å². The van der Waals surface area contributed by atoms with Crippen molar-refractivity contribution in [1.82, 2.24) is 24.6 Å². The average Bonchev–Trinajstić information content (AvgIpc) is 2.99. The second kappa shape index (κ2) is 6.52. The van der Waals surface area contributed by atoms with Crippen molar-refractivity contribution >= 4 is 0 Å². The normalized spacial score (nSPS) is 12.8. The quantitative estimate of drug-likeness (QED) is 0.827. The number of hydrogen-bond acceptors (Lipinski definition) is 3. The molecule has 5 heteroatoms. The summed E-state index contributed by atoms with van der Waals surface area (Å²) in [5.41, 5.74) is 2.51. The molecule has 0 fully saturated rings. The standard InChI is InChI=1S/C14H23N5/c1-4-8-16-13(14-10-15-11-18(14)2)6-5-12-7-9-17-19(12)3/h7,9-11,13,16H,4-6,8H2,1-3H3. The molecule has 2 aromatic rings. The Hall–Kier alpha value is -1.62. The van der Waals surface area contributed by atoms with Crippen molar-refractivity contribution in [2.75, 3.05) is 6.54 Å². The molecule has 2 rings (SSSR count). The molecule has 104 valence electrons. The van der Waals surface area contributed by atoms with Gasteiger partial charge in [0.2, 0.25) is 0 Å². The summed E-state index contributed by atoms with van der Waals surface area (Å²) < 4.78 is 4.04. The van der Waals surface area contributed by atoms with E-state index >= 15 is 0 Å². The van der Waals surface area contributed by atoms with Gasteiger partial charge in [0.15, 0.2) is 0 Å². The van der Waals surface area contributed by atoms with E-state index in [9.17, 15) is 0 Å². The van der Waals surface area contributed by atoms with Gasteiger partial charge < -0.3 is 9.88 Å². The summed E-state index contributed by atoms with van der Waals surface area (Å²) in [5, 5.41) is 7.82. The predicted octanol–water partition coefficient (Wildman–Crippen LogP) is 1.83. The van der Waals surface area contributed by atoms with Crippen LogP contribution in [0.1, 0.15) is 37.2 Å². The summed E-state index contributed by atoms with van der Waals surface area (Å²) in [5.74, 6) is 0. The molecule has 0 radical (unpaired) electrons. The number of rotatable bonds is 7. The van der Waals surface area contributed by atoms with Gasteiger partial charge in [0.05, 0.1) is 12.0 Å². The van der Waals surface area contributed by atoms with Gasteiger partial charge in [-0.05, 0) is 31.9 Å². The molecule has 0 spiro atoms. The predicted molar refractivity (Wildman–Crippen MR) is 75.8 cm³/mol. The number of aromatic nitrogens is 4. The molecule has 0 aromatic carbocycles. The van der Waals surface area contributed by atoms with E-state index in [-0.39, 0.29) is 0 Å². The van der Waals surface area contributed by atoms with Gasteiger partial charge in [-0.3, -0.25) is 4.68 Å². The summed E-state index contributed by atoms with van der Waals surface area (Å²) in [6, 6.07) is 2.43. The molecule has 1 unspecified atom stereocenters. The van der Waals surface area contributed by atoms with E-state index in [1.165, 1.54) is 11.4 Å². The Morgan fingerprint density at radius 3 is 2.79 bits per heavy atom. The zero-order valence-electron chi connectivity index (χ0n) is 12.0. The van der Waals surface area contributed by atoms with Crippen LogP contribution in [0.5, 0.6) is 0 Å². The minimum absolute atomic E-state index is 0.349. The summed E-state index contributed by atoms with van der Waals surface area (Å²) in [7, 11) is 4.04. The number of imidazole rings is 1. The highest BCUT2D eigenvalue weighted by molar-refractivity contribution is 5.07. The molecular weight excluding hydrogens is 238 g/mol. The first-order valence-corrected chi connectivity index (χ1v) is 6.88. The molecule has 0 aliphatic rings. The second-order valence-electron chi connectivity index (χ2n) is 4.92. The van der Waals surface area contributed by atoms with Crippen LogP contribution in [0.2, 0.25) is 0 Å². The smallest absolute Gasteiger partial charge is 0.0946 e. The zero-order chi connectivity index (χ0) is 13.7. The lowest BCUT2D eigenvalue weighted by atomic mass is 10.1. The minimum atomic E-state index is 0.349. The summed E-state index contributed by atoms with van der Waals surface area (Å²) >= 11 is 0. The fraction of sp³-hybridized carbons (Fsp3) is 0.571. The number of hydrogen-bond donors (Lipinski definition) is 1. The Kier molecular flexibility index (Phi) is 4.74. The van der Waals surface area contributed by atoms with Crippen LogP contribution < -0.4 is 5.32 Å². The van der Waals surface area contributed by atoms with Crippen LogP contribution in [-0.4, -0.2) is 25.9 Å². The highest BCUT2D eigenvalue weighted by Crippen LogP contribution is 2.18. The van der Waals surface area contributed by atoms with Gasteiger partial charge >= 0.3 is 0 Å². The van der Waals surface area contributed by atoms with E-state index in [2.05, 4.69) is 33.0 Å². The molecule has 2 aromatic heterocycles. The molecule has 2 heterocycles. The Morgan fingerprint density at radius 1 is 1.37 bits per heavy atom. The van der Waals surface area contributed by atoms with Gasteiger partial charge in [0.25, 0.3) is 0 Å². The summed E-state index contributed by atoms with van der Waals surface area (Å²) in [4.78, 5) is 4.22. The molecule has 0 amide bonds. The van der Waals surface area contributed by atoms with Gasteiger partial charge in [-0.1, -0.05) is 6.92 Å². The van der Waals surface area contributed by atoms with Crippen LogP contribution in [-0.2, 0) is 20.5 Å². The summed E-state index contributed by atoms with van der Waals surface area (Å²) in [6.07, 6.45) is 8.88. The molecule has 0 aliphatic heterocycles. The fourth-order valence-electron chi connectivity index (χ4n) is 2.32. The van der Waals surface area contributed by atoms with E-state index in [4.69, 9.17) is 0 Å². The molecule has 1 atom stereocenters. The minimum Gasteiger partial charge on any atom is -0.336 e. The topological polar surface area (TPSA) is 47.7 Å². The molecule has 1 N–H and O–H groups in total. The molecule has 19 heavy (non-hydrogen) atoms. The van der Waals surface area contributed by atoms with E-state index in [1.807, 2.05) is 37.5 Å². The molecule has 5 nitrogen and oxygen atoms in total. The Bertz CT molecular complexity index is 499. The number of nitrogens with one attached hydrogen (secondary N) is 1. The maximum absolute atomic E-state index is 4.22. The Morgan fingerprint density at radius 2 is 2.21 bits per heavy atom. The molecule has 0 aliphatic carbocycles. The first-order chi connectivity index (χ1) is 9.22. The van der Waals surface area contributed by atoms with Crippen LogP contribution in [0.25, 0.3) is 0 Å². The average molecular weight is 261 g/mol. The zero-order valence-corrected chi connectivity index (χ0v) is 12.0. The van der Waals surface area contributed by atoms with Crippen LogP contribution in [0.3, 0.4) is 0 Å². The van der Waals surface area contributed by atoms with Crippen molar-refractivity contribution < 1.29 is 0 Å². The number of nitrogens with zero attached hydrogens (tertiary/aromatic N) is 4. The van der Waals surface area contributed by atoms with Gasteiger partial charge in [-0.15, -0.1) is 0 Å². The van der Waals surface area contributed by atoms with E-state index in [1.54, 1.807) is 0 Å². The Balaban J connectivity index is 2.02. The maximum Gasteiger partial charge on any atom is 0.0946 e. The highest BCUT2D eigenvalue weighted by atomic mass is 15.2. The van der Waals surface area contributed by atoms with Gasteiger partial charge in [-0.2, -0.15) is 5.10 Å².